The summed E-state index contributed by atoms with van der Waals surface area (Å²) in [6.07, 6.45) is -1.30. The lowest BCUT2D eigenvalue weighted by Crippen LogP contribution is -2.45. The number of nitrogens with one attached hydrogen (secondary N) is 1. The van der Waals surface area contributed by atoms with E-state index < -0.39 is 41.7 Å². The molecule has 1 atom stereocenters. The summed E-state index contributed by atoms with van der Waals surface area (Å²) in [5, 5.41) is 2.27. The molecule has 1 aromatic carbocycles. The third kappa shape index (κ3) is 6.06. The third-order valence-electron chi connectivity index (χ3n) is 2.74. The van der Waals surface area contributed by atoms with E-state index in [9.17, 15) is 18.8 Å². The van der Waals surface area contributed by atoms with Crippen molar-refractivity contribution in [3.63, 3.8) is 0 Å². The molecule has 1 rings (SSSR count). The summed E-state index contributed by atoms with van der Waals surface area (Å²) in [6, 6.07) is 4.14. The van der Waals surface area contributed by atoms with Gasteiger partial charge in [0.05, 0.1) is 12.7 Å². The molecule has 0 unspecified atom stereocenters. The van der Waals surface area contributed by atoms with Crippen LogP contribution in [-0.4, -0.2) is 36.6 Å². The highest BCUT2D eigenvalue weighted by atomic mass is 19.1. The van der Waals surface area contributed by atoms with Gasteiger partial charge in [-0.2, -0.15) is 0 Å². The van der Waals surface area contributed by atoms with Crippen LogP contribution in [0.3, 0.4) is 0 Å². The number of methoxy groups -OCH3 is 1. The van der Waals surface area contributed by atoms with Crippen LogP contribution in [-0.2, 0) is 14.3 Å². The van der Waals surface area contributed by atoms with Crippen LogP contribution in [0.4, 0.5) is 9.18 Å². The van der Waals surface area contributed by atoms with Gasteiger partial charge in [0.1, 0.15) is 17.5 Å². The summed E-state index contributed by atoms with van der Waals surface area (Å²) >= 11 is 0. The molecule has 0 aliphatic heterocycles. The van der Waals surface area contributed by atoms with Crippen molar-refractivity contribution in [2.24, 2.45) is 0 Å². The minimum atomic E-state index is -1.26. The molecule has 7 heteroatoms. The third-order valence-corrected chi connectivity index (χ3v) is 2.74. The molecular formula is C16H20FNO5. The highest BCUT2D eigenvalue weighted by Crippen LogP contribution is 2.12. The lowest BCUT2D eigenvalue weighted by molar-refractivity contribution is -0.143. The first-order valence-electron chi connectivity index (χ1n) is 6.99. The fraction of sp³-hybridized carbons (Fsp3) is 0.438. The van der Waals surface area contributed by atoms with Gasteiger partial charge in [-0.3, -0.25) is 4.79 Å². The van der Waals surface area contributed by atoms with Crippen molar-refractivity contribution in [1.82, 2.24) is 5.32 Å². The van der Waals surface area contributed by atoms with E-state index >= 15 is 0 Å². The van der Waals surface area contributed by atoms with Gasteiger partial charge in [0.15, 0.2) is 5.78 Å². The van der Waals surface area contributed by atoms with Crippen molar-refractivity contribution in [3.05, 3.63) is 35.6 Å². The minimum Gasteiger partial charge on any atom is -0.467 e. The second-order valence-electron chi connectivity index (χ2n) is 5.83. The Kier molecular flexibility index (Phi) is 6.24. The van der Waals surface area contributed by atoms with Crippen LogP contribution in [0, 0.1) is 5.82 Å². The summed E-state index contributed by atoms with van der Waals surface area (Å²) < 4.78 is 23.2. The molecule has 0 spiro atoms. The van der Waals surface area contributed by atoms with Gasteiger partial charge in [-0.15, -0.1) is 0 Å². The van der Waals surface area contributed by atoms with Gasteiger partial charge >= 0.3 is 12.1 Å². The average Bonchev–Trinajstić information content (AvgIpc) is 2.44. The molecule has 0 bridgehead atoms. The Labute approximate surface area is 134 Å². The molecule has 0 saturated carbocycles. The maximum Gasteiger partial charge on any atom is 0.408 e. The Morgan fingerprint density at radius 3 is 2.35 bits per heavy atom. The van der Waals surface area contributed by atoms with Crippen LogP contribution in [0.15, 0.2) is 24.3 Å². The first-order valence-corrected chi connectivity index (χ1v) is 6.99. The van der Waals surface area contributed by atoms with E-state index in [-0.39, 0.29) is 5.56 Å². The Morgan fingerprint density at radius 2 is 1.83 bits per heavy atom. The molecule has 0 saturated heterocycles. The van der Waals surface area contributed by atoms with E-state index in [1.54, 1.807) is 20.8 Å². The Morgan fingerprint density at radius 1 is 1.22 bits per heavy atom. The fourth-order valence-corrected chi connectivity index (χ4v) is 1.77. The first-order chi connectivity index (χ1) is 10.6. The molecule has 0 aliphatic carbocycles. The number of esters is 1. The summed E-state index contributed by atoms with van der Waals surface area (Å²) in [5.41, 5.74) is -0.923. The van der Waals surface area contributed by atoms with Crippen LogP contribution in [0.1, 0.15) is 37.6 Å². The molecule has 0 radical (unpaired) electrons. The number of hydrogen-bond donors (Lipinski definition) is 1. The number of Topliss-reactive ketones (excluding diaryl/α,β-unsaturated/α-hetero) is 1. The van der Waals surface area contributed by atoms with Gasteiger partial charge in [-0.25, -0.2) is 14.0 Å². The molecule has 0 aliphatic rings. The van der Waals surface area contributed by atoms with Crippen LogP contribution >= 0.6 is 0 Å². The van der Waals surface area contributed by atoms with Crippen molar-refractivity contribution in [2.45, 2.75) is 38.8 Å². The van der Waals surface area contributed by atoms with Crippen molar-refractivity contribution in [1.29, 1.82) is 0 Å². The molecular weight excluding hydrogens is 305 g/mol. The number of rotatable bonds is 5. The summed E-state index contributed by atoms with van der Waals surface area (Å²) in [4.78, 5) is 35.6. The maximum absolute atomic E-state index is 13.6. The van der Waals surface area contributed by atoms with E-state index in [2.05, 4.69) is 10.1 Å². The molecule has 126 valence electrons. The second-order valence-corrected chi connectivity index (χ2v) is 5.83. The predicted molar refractivity (Wildman–Crippen MR) is 80.5 cm³/mol. The predicted octanol–water partition coefficient (Wildman–Crippen LogP) is 2.46. The molecule has 0 fully saturated rings. The van der Waals surface area contributed by atoms with E-state index in [0.717, 1.165) is 13.2 Å². The van der Waals surface area contributed by atoms with Gasteiger partial charge in [0.25, 0.3) is 0 Å². The lowest BCUT2D eigenvalue weighted by atomic mass is 10.0. The minimum absolute atomic E-state index is 0.160. The topological polar surface area (TPSA) is 81.7 Å². The number of carbonyl (C=O) groups excluding carboxylic acids is 3. The number of halogens is 1. The molecule has 0 aromatic heterocycles. The lowest BCUT2D eigenvalue weighted by Gasteiger charge is -2.22. The van der Waals surface area contributed by atoms with Crippen molar-refractivity contribution < 1.29 is 28.2 Å². The molecule has 6 nitrogen and oxygen atoms in total. The van der Waals surface area contributed by atoms with E-state index in [1.165, 1.54) is 18.2 Å². The summed E-state index contributed by atoms with van der Waals surface area (Å²) in [5.74, 6) is -2.14. The van der Waals surface area contributed by atoms with Gasteiger partial charge in [0, 0.05) is 6.42 Å². The van der Waals surface area contributed by atoms with Gasteiger partial charge in [-0.05, 0) is 32.9 Å². The number of amides is 1. The van der Waals surface area contributed by atoms with Crippen LogP contribution in [0.2, 0.25) is 0 Å². The monoisotopic (exact) mass is 325 g/mol. The Bertz CT molecular complexity index is 594. The van der Waals surface area contributed by atoms with E-state index in [0.29, 0.717) is 0 Å². The van der Waals surface area contributed by atoms with Crippen LogP contribution in [0.25, 0.3) is 0 Å². The van der Waals surface area contributed by atoms with E-state index in [4.69, 9.17) is 4.74 Å². The smallest absolute Gasteiger partial charge is 0.408 e. The number of carbonyl (C=O) groups is 3. The average molecular weight is 325 g/mol. The zero-order chi connectivity index (χ0) is 17.6. The van der Waals surface area contributed by atoms with E-state index in [1.807, 2.05) is 0 Å². The molecule has 23 heavy (non-hydrogen) atoms. The number of alkyl carbamates (subject to hydrolysis) is 1. The maximum atomic E-state index is 13.6. The second kappa shape index (κ2) is 7.71. The van der Waals surface area contributed by atoms with Crippen LogP contribution in [0.5, 0.6) is 0 Å². The highest BCUT2D eigenvalue weighted by molar-refractivity contribution is 5.99. The number of benzene rings is 1. The van der Waals surface area contributed by atoms with Gasteiger partial charge in [-0.1, -0.05) is 12.1 Å². The molecule has 1 aromatic rings. The standard InChI is InChI=1S/C16H20FNO5/c1-16(2,3)23-15(21)18-12(14(20)22-4)9-13(19)10-7-5-6-8-11(10)17/h5-8,12H,9H2,1-4H3,(H,18,21)/t12-/m0/s1. The number of ether oxygens (including phenoxy) is 2. The normalized spacial score (nSPS) is 12.2. The SMILES string of the molecule is COC(=O)[C@H](CC(=O)c1ccccc1F)NC(=O)OC(C)(C)C. The molecule has 0 heterocycles. The zero-order valence-corrected chi connectivity index (χ0v) is 13.5. The quantitative estimate of drug-likeness (QED) is 0.664. The van der Waals surface area contributed by atoms with Gasteiger partial charge in [0.2, 0.25) is 0 Å². The number of ketones is 1. The van der Waals surface area contributed by atoms with Crippen molar-refractivity contribution in [3.8, 4) is 0 Å². The van der Waals surface area contributed by atoms with Crippen molar-refractivity contribution >= 4 is 17.8 Å². The van der Waals surface area contributed by atoms with Crippen LogP contribution < -0.4 is 5.32 Å². The summed E-state index contributed by atoms with van der Waals surface area (Å²) in [6.45, 7) is 4.97. The fourth-order valence-electron chi connectivity index (χ4n) is 1.77. The number of hydrogen-bond acceptors (Lipinski definition) is 5. The zero-order valence-electron chi connectivity index (χ0n) is 13.5. The Hall–Kier alpha value is -2.44. The first kappa shape index (κ1) is 18.6. The summed E-state index contributed by atoms with van der Waals surface area (Å²) in [7, 11) is 1.12. The highest BCUT2D eigenvalue weighted by Gasteiger charge is 2.28. The largest absolute Gasteiger partial charge is 0.467 e. The van der Waals surface area contributed by atoms with Crippen molar-refractivity contribution in [2.75, 3.05) is 7.11 Å². The molecule has 1 amide bonds. The molecule has 1 N–H and O–H groups in total. The Balaban J connectivity index is 2.83. The van der Waals surface area contributed by atoms with Gasteiger partial charge < -0.3 is 14.8 Å².